The number of aliphatic carboxylic acids is 1. The van der Waals surface area contributed by atoms with E-state index in [1.165, 1.54) is 6.07 Å². The maximum atomic E-state index is 10.9. The summed E-state index contributed by atoms with van der Waals surface area (Å²) in [5, 5.41) is 22.4. The minimum atomic E-state index is -0.873. The number of hydrogen-bond acceptors (Lipinski definition) is 4. The van der Waals surface area contributed by atoms with Crippen molar-refractivity contribution in [3.63, 3.8) is 0 Å². The first-order valence-electron chi connectivity index (χ1n) is 5.63. The number of nitro benzene ring substituents is 1. The molecule has 0 saturated carbocycles. The third-order valence-corrected chi connectivity index (χ3v) is 2.54. The smallest absolute Gasteiger partial charge is 0.303 e. The first-order valence-corrected chi connectivity index (χ1v) is 5.63. The molecule has 6 heteroatoms. The molecule has 0 bridgehead atoms. The highest BCUT2D eigenvalue weighted by atomic mass is 16.6. The predicted molar refractivity (Wildman–Crippen MR) is 67.8 cm³/mol. The second kappa shape index (κ2) is 6.00. The van der Waals surface area contributed by atoms with Crippen molar-refractivity contribution in [3.8, 4) is 0 Å². The van der Waals surface area contributed by atoms with Crippen LogP contribution in [0.2, 0.25) is 0 Å². The van der Waals surface area contributed by atoms with Crippen molar-refractivity contribution in [2.24, 2.45) is 0 Å². The van der Waals surface area contributed by atoms with Crippen molar-refractivity contribution in [2.75, 3.05) is 5.32 Å². The summed E-state index contributed by atoms with van der Waals surface area (Å²) in [6.45, 7) is 3.64. The van der Waals surface area contributed by atoms with Crippen LogP contribution >= 0.6 is 0 Å². The highest BCUT2D eigenvalue weighted by molar-refractivity contribution is 5.67. The van der Waals surface area contributed by atoms with Gasteiger partial charge >= 0.3 is 5.97 Å². The number of hydrogen-bond donors (Lipinski definition) is 2. The average Bonchev–Trinajstić information content (AvgIpc) is 2.26. The summed E-state index contributed by atoms with van der Waals surface area (Å²) in [4.78, 5) is 20.8. The molecule has 1 aromatic rings. The molecular formula is C12H16N2O4. The van der Waals surface area contributed by atoms with Crippen LogP contribution in [0.25, 0.3) is 0 Å². The summed E-state index contributed by atoms with van der Waals surface area (Å²) < 4.78 is 0. The third kappa shape index (κ3) is 4.04. The van der Waals surface area contributed by atoms with Crippen LogP contribution in [0.3, 0.4) is 0 Å². The topological polar surface area (TPSA) is 92.5 Å². The number of nitro groups is 1. The molecule has 0 aliphatic carbocycles. The van der Waals surface area contributed by atoms with E-state index in [2.05, 4.69) is 5.32 Å². The molecule has 1 aromatic carbocycles. The number of benzene rings is 1. The fraction of sp³-hybridized carbons (Fsp3) is 0.417. The molecule has 0 radical (unpaired) electrons. The molecule has 0 fully saturated rings. The van der Waals surface area contributed by atoms with Crippen LogP contribution < -0.4 is 5.32 Å². The molecule has 1 rings (SSSR count). The van der Waals surface area contributed by atoms with Gasteiger partial charge in [-0.3, -0.25) is 14.9 Å². The molecule has 0 saturated heterocycles. The molecule has 98 valence electrons. The highest BCUT2D eigenvalue weighted by Gasteiger charge is 2.15. The number of carboxylic acids is 1. The Balaban J connectivity index is 2.79. The lowest BCUT2D eigenvalue weighted by Crippen LogP contribution is -2.17. The quantitative estimate of drug-likeness (QED) is 0.599. The van der Waals surface area contributed by atoms with Crippen LogP contribution in [0.4, 0.5) is 11.4 Å². The Morgan fingerprint density at radius 1 is 1.56 bits per heavy atom. The van der Waals surface area contributed by atoms with E-state index in [1.807, 2.05) is 6.92 Å². The van der Waals surface area contributed by atoms with E-state index in [0.717, 1.165) is 5.56 Å². The standard InChI is InChI=1S/C12H16N2O4/c1-8-3-5-11(14(17)18)10(7-8)13-9(2)4-6-12(15)16/h3,5,7,9,13H,4,6H2,1-2H3,(H,15,16). The van der Waals surface area contributed by atoms with Crippen LogP contribution in [-0.4, -0.2) is 22.0 Å². The molecule has 0 aliphatic rings. The van der Waals surface area contributed by atoms with Gasteiger partial charge in [-0.25, -0.2) is 0 Å². The number of aryl methyl sites for hydroxylation is 1. The molecular weight excluding hydrogens is 236 g/mol. The summed E-state index contributed by atoms with van der Waals surface area (Å²) in [5.74, 6) is -0.873. The fourth-order valence-electron chi connectivity index (χ4n) is 1.60. The first kappa shape index (κ1) is 14.0. The van der Waals surface area contributed by atoms with Crippen LogP contribution in [0, 0.1) is 17.0 Å². The number of nitrogens with one attached hydrogen (secondary N) is 1. The first-order chi connectivity index (χ1) is 8.40. The summed E-state index contributed by atoms with van der Waals surface area (Å²) in [5.41, 5.74) is 1.34. The number of anilines is 1. The van der Waals surface area contributed by atoms with Crippen molar-refractivity contribution < 1.29 is 14.8 Å². The number of nitrogens with zero attached hydrogens (tertiary/aromatic N) is 1. The second-order valence-corrected chi connectivity index (χ2v) is 4.26. The molecule has 0 aromatic heterocycles. The fourth-order valence-corrected chi connectivity index (χ4v) is 1.60. The SMILES string of the molecule is Cc1ccc([N+](=O)[O-])c(NC(C)CCC(=O)O)c1. The minimum Gasteiger partial charge on any atom is -0.481 e. The lowest BCUT2D eigenvalue weighted by Gasteiger charge is -2.14. The molecule has 1 atom stereocenters. The van der Waals surface area contributed by atoms with Gasteiger partial charge < -0.3 is 10.4 Å². The van der Waals surface area contributed by atoms with Crippen LogP contribution in [0.15, 0.2) is 18.2 Å². The Bertz CT molecular complexity index is 459. The van der Waals surface area contributed by atoms with Crippen LogP contribution in [0.5, 0.6) is 0 Å². The Morgan fingerprint density at radius 3 is 2.78 bits per heavy atom. The molecule has 0 spiro atoms. The monoisotopic (exact) mass is 252 g/mol. The number of carbonyl (C=O) groups is 1. The van der Waals surface area contributed by atoms with Crippen molar-refractivity contribution in [3.05, 3.63) is 33.9 Å². The van der Waals surface area contributed by atoms with Gasteiger partial charge in [0.05, 0.1) is 4.92 Å². The maximum absolute atomic E-state index is 10.9. The second-order valence-electron chi connectivity index (χ2n) is 4.26. The normalized spacial score (nSPS) is 11.9. The van der Waals surface area contributed by atoms with Gasteiger partial charge in [-0.05, 0) is 31.9 Å². The van der Waals surface area contributed by atoms with Gasteiger partial charge in [-0.1, -0.05) is 6.07 Å². The Labute approximate surface area is 105 Å². The molecule has 6 nitrogen and oxygen atoms in total. The third-order valence-electron chi connectivity index (χ3n) is 2.54. The average molecular weight is 252 g/mol. The zero-order chi connectivity index (χ0) is 13.7. The minimum absolute atomic E-state index is 0.00257. The van der Waals surface area contributed by atoms with Gasteiger partial charge in [0.2, 0.25) is 0 Å². The summed E-state index contributed by atoms with van der Waals surface area (Å²) >= 11 is 0. The summed E-state index contributed by atoms with van der Waals surface area (Å²) in [6, 6.07) is 4.67. The van der Waals surface area contributed by atoms with Crippen LogP contribution in [-0.2, 0) is 4.79 Å². The van der Waals surface area contributed by atoms with Crippen LogP contribution in [0.1, 0.15) is 25.3 Å². The Morgan fingerprint density at radius 2 is 2.22 bits per heavy atom. The van der Waals surface area contributed by atoms with E-state index in [4.69, 9.17) is 5.11 Å². The van der Waals surface area contributed by atoms with E-state index in [0.29, 0.717) is 12.1 Å². The van der Waals surface area contributed by atoms with E-state index >= 15 is 0 Å². The maximum Gasteiger partial charge on any atom is 0.303 e. The summed E-state index contributed by atoms with van der Waals surface area (Å²) in [7, 11) is 0. The Hall–Kier alpha value is -2.11. The largest absolute Gasteiger partial charge is 0.481 e. The number of rotatable bonds is 6. The molecule has 1 unspecified atom stereocenters. The lowest BCUT2D eigenvalue weighted by atomic mass is 10.1. The van der Waals surface area contributed by atoms with Crippen molar-refractivity contribution in [1.82, 2.24) is 0 Å². The predicted octanol–water partition coefficient (Wildman–Crippen LogP) is 2.57. The Kier molecular flexibility index (Phi) is 4.65. The number of carboxylic acid groups (broad SMARTS) is 1. The molecule has 18 heavy (non-hydrogen) atoms. The highest BCUT2D eigenvalue weighted by Crippen LogP contribution is 2.26. The van der Waals surface area contributed by atoms with Crippen molar-refractivity contribution >= 4 is 17.3 Å². The van der Waals surface area contributed by atoms with Crippen molar-refractivity contribution in [2.45, 2.75) is 32.7 Å². The lowest BCUT2D eigenvalue weighted by molar-refractivity contribution is -0.384. The molecule has 0 amide bonds. The molecule has 0 aliphatic heterocycles. The zero-order valence-electron chi connectivity index (χ0n) is 10.3. The van der Waals surface area contributed by atoms with Gasteiger partial charge in [0, 0.05) is 18.5 Å². The summed E-state index contributed by atoms with van der Waals surface area (Å²) in [6.07, 6.45) is 0.453. The van der Waals surface area contributed by atoms with Gasteiger partial charge in [-0.2, -0.15) is 0 Å². The van der Waals surface area contributed by atoms with E-state index < -0.39 is 10.9 Å². The van der Waals surface area contributed by atoms with Gasteiger partial charge in [0.15, 0.2) is 0 Å². The van der Waals surface area contributed by atoms with E-state index in [1.54, 1.807) is 19.1 Å². The van der Waals surface area contributed by atoms with Gasteiger partial charge in [0.25, 0.3) is 5.69 Å². The molecule has 0 heterocycles. The van der Waals surface area contributed by atoms with Crippen molar-refractivity contribution in [1.29, 1.82) is 0 Å². The zero-order valence-corrected chi connectivity index (χ0v) is 10.3. The van der Waals surface area contributed by atoms with E-state index in [9.17, 15) is 14.9 Å². The van der Waals surface area contributed by atoms with E-state index in [-0.39, 0.29) is 18.2 Å². The van der Waals surface area contributed by atoms with Gasteiger partial charge in [-0.15, -0.1) is 0 Å². The molecule has 2 N–H and O–H groups in total. The van der Waals surface area contributed by atoms with Gasteiger partial charge in [0.1, 0.15) is 5.69 Å².